The molecule has 2 aromatic carbocycles. The van der Waals surface area contributed by atoms with Crippen LogP contribution in [0.3, 0.4) is 0 Å². The van der Waals surface area contributed by atoms with Crippen LogP contribution >= 0.6 is 0 Å². The van der Waals surface area contributed by atoms with Gasteiger partial charge in [0.1, 0.15) is 17.5 Å². The normalized spacial score (nSPS) is 11.5. The molecule has 0 saturated carbocycles. The average Bonchev–Trinajstić information content (AvgIpc) is 2.39. The van der Waals surface area contributed by atoms with E-state index in [-0.39, 0.29) is 0 Å². The summed E-state index contributed by atoms with van der Waals surface area (Å²) in [5, 5.41) is 0. The van der Waals surface area contributed by atoms with Crippen molar-refractivity contribution in [3.8, 4) is 0 Å². The van der Waals surface area contributed by atoms with Gasteiger partial charge in [-0.05, 0) is 36.4 Å². The summed E-state index contributed by atoms with van der Waals surface area (Å²) in [5.41, 5.74) is -3.39. The zero-order chi connectivity index (χ0) is 15.8. The molecule has 0 saturated heterocycles. The van der Waals surface area contributed by atoms with Crippen LogP contribution in [0.15, 0.2) is 36.4 Å². The van der Waals surface area contributed by atoms with E-state index in [4.69, 9.17) is 0 Å². The Bertz CT molecular complexity index is 705. The highest BCUT2D eigenvalue weighted by molar-refractivity contribution is 6.10. The quantitative estimate of drug-likeness (QED) is 0.595. The first-order valence-electron chi connectivity index (χ1n) is 5.56. The lowest BCUT2D eigenvalue weighted by Crippen LogP contribution is -2.15. The van der Waals surface area contributed by atoms with Crippen LogP contribution in [0.5, 0.6) is 0 Å². The Labute approximate surface area is 114 Å². The van der Waals surface area contributed by atoms with Gasteiger partial charge in [-0.15, -0.1) is 0 Å². The van der Waals surface area contributed by atoms with Crippen LogP contribution < -0.4 is 0 Å². The number of halogens is 6. The molecule has 0 heterocycles. The number of benzene rings is 2. The summed E-state index contributed by atoms with van der Waals surface area (Å²) in [6, 6.07) is 3.02. The predicted molar refractivity (Wildman–Crippen MR) is 61.2 cm³/mol. The minimum Gasteiger partial charge on any atom is -0.288 e. The third-order valence-electron chi connectivity index (χ3n) is 2.70. The Morgan fingerprint density at radius 3 is 1.90 bits per heavy atom. The molecule has 0 bridgehead atoms. The summed E-state index contributed by atoms with van der Waals surface area (Å²) in [6.45, 7) is 0. The van der Waals surface area contributed by atoms with Crippen molar-refractivity contribution in [1.82, 2.24) is 0 Å². The lowest BCUT2D eigenvalue weighted by Gasteiger charge is -2.12. The lowest BCUT2D eigenvalue weighted by molar-refractivity contribution is -0.137. The highest BCUT2D eigenvalue weighted by atomic mass is 19.4. The molecule has 1 nitrogen and oxygen atoms in total. The van der Waals surface area contributed by atoms with E-state index in [1.54, 1.807) is 0 Å². The van der Waals surface area contributed by atoms with Gasteiger partial charge < -0.3 is 0 Å². The smallest absolute Gasteiger partial charge is 0.288 e. The van der Waals surface area contributed by atoms with Crippen molar-refractivity contribution in [2.75, 3.05) is 0 Å². The van der Waals surface area contributed by atoms with Gasteiger partial charge in [0.05, 0.1) is 11.1 Å². The van der Waals surface area contributed by atoms with Crippen LogP contribution in [-0.4, -0.2) is 5.78 Å². The van der Waals surface area contributed by atoms with Crippen LogP contribution in [0.4, 0.5) is 26.3 Å². The molecule has 0 spiro atoms. The molecular weight excluding hydrogens is 298 g/mol. The van der Waals surface area contributed by atoms with Crippen molar-refractivity contribution in [3.63, 3.8) is 0 Å². The van der Waals surface area contributed by atoms with Crippen molar-refractivity contribution >= 4 is 5.78 Å². The van der Waals surface area contributed by atoms with E-state index in [0.717, 1.165) is 0 Å². The fraction of sp³-hybridized carbons (Fsp3) is 0.0714. The molecule has 2 rings (SSSR count). The molecule has 110 valence electrons. The summed E-state index contributed by atoms with van der Waals surface area (Å²) in [6.07, 6.45) is -4.93. The molecule has 0 radical (unpaired) electrons. The molecule has 21 heavy (non-hydrogen) atoms. The molecule has 2 aromatic rings. The van der Waals surface area contributed by atoms with E-state index in [1.807, 2.05) is 0 Å². The molecular formula is C14H6F6O. The Hall–Kier alpha value is -2.31. The van der Waals surface area contributed by atoms with E-state index >= 15 is 0 Å². The topological polar surface area (TPSA) is 17.1 Å². The molecule has 7 heteroatoms. The van der Waals surface area contributed by atoms with Crippen molar-refractivity contribution < 1.29 is 31.1 Å². The van der Waals surface area contributed by atoms with Gasteiger partial charge in [-0.3, -0.25) is 4.79 Å². The Morgan fingerprint density at radius 2 is 1.33 bits per heavy atom. The van der Waals surface area contributed by atoms with Gasteiger partial charge in [0.25, 0.3) is 0 Å². The van der Waals surface area contributed by atoms with Crippen molar-refractivity contribution in [1.29, 1.82) is 0 Å². The molecule has 0 atom stereocenters. The minimum absolute atomic E-state index is 0.343. The first kappa shape index (κ1) is 15.1. The second kappa shape index (κ2) is 5.23. The molecule has 0 aliphatic carbocycles. The van der Waals surface area contributed by atoms with Gasteiger partial charge in [-0.2, -0.15) is 13.2 Å². The number of carbonyl (C=O) groups excluding carboxylic acids is 1. The number of ketones is 1. The van der Waals surface area contributed by atoms with Gasteiger partial charge in [-0.1, -0.05) is 0 Å². The highest BCUT2D eigenvalue weighted by Gasteiger charge is 2.36. The maximum Gasteiger partial charge on any atom is 0.417 e. The third kappa shape index (κ3) is 3.07. The van der Waals surface area contributed by atoms with Crippen molar-refractivity contribution in [3.05, 3.63) is 70.5 Å². The fourth-order valence-corrected chi connectivity index (χ4v) is 1.77. The first-order valence-corrected chi connectivity index (χ1v) is 5.56. The average molecular weight is 304 g/mol. The second-order valence-electron chi connectivity index (χ2n) is 4.14. The summed E-state index contributed by atoms with van der Waals surface area (Å²) >= 11 is 0. The Morgan fingerprint density at radius 1 is 0.810 bits per heavy atom. The van der Waals surface area contributed by atoms with E-state index in [0.29, 0.717) is 36.4 Å². The number of carbonyl (C=O) groups is 1. The van der Waals surface area contributed by atoms with Gasteiger partial charge in [0.2, 0.25) is 0 Å². The SMILES string of the molecule is O=C(c1cc(F)ccc1F)c1cc(F)ccc1C(F)(F)F. The molecule has 0 amide bonds. The van der Waals surface area contributed by atoms with Gasteiger partial charge >= 0.3 is 6.18 Å². The number of hydrogen-bond donors (Lipinski definition) is 0. The van der Waals surface area contributed by atoms with Crippen LogP contribution in [0, 0.1) is 17.5 Å². The zero-order valence-corrected chi connectivity index (χ0v) is 10.1. The van der Waals surface area contributed by atoms with E-state index in [1.165, 1.54) is 0 Å². The van der Waals surface area contributed by atoms with Crippen LogP contribution in [-0.2, 0) is 6.18 Å². The van der Waals surface area contributed by atoms with E-state index in [2.05, 4.69) is 0 Å². The molecule has 0 aliphatic rings. The Balaban J connectivity index is 2.63. The van der Waals surface area contributed by atoms with Crippen LogP contribution in [0.2, 0.25) is 0 Å². The molecule has 0 N–H and O–H groups in total. The predicted octanol–water partition coefficient (Wildman–Crippen LogP) is 4.35. The molecule has 0 aromatic heterocycles. The molecule has 0 fully saturated rings. The summed E-state index contributed by atoms with van der Waals surface area (Å²) < 4.78 is 78.0. The maximum atomic E-state index is 13.5. The molecule has 0 aliphatic heterocycles. The van der Waals surface area contributed by atoms with E-state index < -0.39 is 46.1 Å². The van der Waals surface area contributed by atoms with Crippen LogP contribution in [0.1, 0.15) is 21.5 Å². The summed E-state index contributed by atoms with van der Waals surface area (Å²) in [5.74, 6) is -4.73. The van der Waals surface area contributed by atoms with Gasteiger partial charge in [0, 0.05) is 5.56 Å². The third-order valence-corrected chi connectivity index (χ3v) is 2.70. The highest BCUT2D eigenvalue weighted by Crippen LogP contribution is 2.33. The van der Waals surface area contributed by atoms with E-state index in [9.17, 15) is 31.1 Å². The monoisotopic (exact) mass is 304 g/mol. The summed E-state index contributed by atoms with van der Waals surface area (Å²) in [7, 11) is 0. The van der Waals surface area contributed by atoms with Crippen LogP contribution in [0.25, 0.3) is 0 Å². The number of rotatable bonds is 2. The maximum absolute atomic E-state index is 13.5. The standard InChI is InChI=1S/C14H6F6O/c15-7-1-3-11(14(18,19)20)9(5-7)13(21)10-6-8(16)2-4-12(10)17/h1-6H. The Kier molecular flexibility index (Phi) is 3.76. The number of hydrogen-bond acceptors (Lipinski definition) is 1. The lowest BCUT2D eigenvalue weighted by atomic mass is 9.97. The van der Waals surface area contributed by atoms with Crippen molar-refractivity contribution in [2.24, 2.45) is 0 Å². The minimum atomic E-state index is -4.93. The summed E-state index contributed by atoms with van der Waals surface area (Å²) in [4.78, 5) is 12.0. The zero-order valence-electron chi connectivity index (χ0n) is 10.1. The van der Waals surface area contributed by atoms with Crippen molar-refractivity contribution in [2.45, 2.75) is 6.18 Å². The van der Waals surface area contributed by atoms with Gasteiger partial charge in [0.15, 0.2) is 5.78 Å². The number of alkyl halides is 3. The first-order chi connectivity index (χ1) is 9.70. The largest absolute Gasteiger partial charge is 0.417 e. The van der Waals surface area contributed by atoms with Gasteiger partial charge in [-0.25, -0.2) is 13.2 Å². The molecule has 0 unspecified atom stereocenters. The second-order valence-corrected chi connectivity index (χ2v) is 4.14. The fourth-order valence-electron chi connectivity index (χ4n) is 1.77.